The molecule has 0 radical (unpaired) electrons. The molecule has 0 aliphatic heterocycles. The van der Waals surface area contributed by atoms with Crippen molar-refractivity contribution in [1.82, 2.24) is 4.90 Å². The second-order valence-corrected chi connectivity index (χ2v) is 5.84. The van der Waals surface area contributed by atoms with Gasteiger partial charge in [0.15, 0.2) is 0 Å². The van der Waals surface area contributed by atoms with Gasteiger partial charge in [-0.1, -0.05) is 20.3 Å². The lowest BCUT2D eigenvalue weighted by atomic mass is 10.2. The molecule has 2 N–H and O–H groups in total. The fourth-order valence-electron chi connectivity index (χ4n) is 1.40. The second kappa shape index (κ2) is 6.69. The Hall–Kier alpha value is -1.16. The Bertz CT molecular complexity index is 418. The van der Waals surface area contributed by atoms with Crippen LogP contribution < -0.4 is 5.73 Å². The molecule has 1 aromatic rings. The molecule has 1 unspecified atom stereocenters. The van der Waals surface area contributed by atoms with Crippen molar-refractivity contribution in [3.05, 3.63) is 23.8 Å². The van der Waals surface area contributed by atoms with Gasteiger partial charge < -0.3 is 10.6 Å². The molecule has 1 aromatic carbocycles. The molecule has 1 atom stereocenters. The zero-order chi connectivity index (χ0) is 13.7. The molecule has 4 heteroatoms. The van der Waals surface area contributed by atoms with Crippen LogP contribution in [0.3, 0.4) is 0 Å². The van der Waals surface area contributed by atoms with E-state index in [2.05, 4.69) is 13.8 Å². The van der Waals surface area contributed by atoms with Gasteiger partial charge in [0, 0.05) is 36.0 Å². The third kappa shape index (κ3) is 3.95. The number of thioether (sulfide) groups is 1. The van der Waals surface area contributed by atoms with Crippen molar-refractivity contribution in [3.8, 4) is 0 Å². The van der Waals surface area contributed by atoms with E-state index in [1.54, 1.807) is 36.8 Å². The highest BCUT2D eigenvalue weighted by Gasteiger charge is 2.11. The molecule has 0 heterocycles. The summed E-state index contributed by atoms with van der Waals surface area (Å²) in [5.74, 6) is 1.70. The van der Waals surface area contributed by atoms with Gasteiger partial charge in [-0.3, -0.25) is 4.79 Å². The van der Waals surface area contributed by atoms with E-state index in [-0.39, 0.29) is 5.91 Å². The summed E-state index contributed by atoms with van der Waals surface area (Å²) < 4.78 is 0. The Morgan fingerprint density at radius 3 is 2.67 bits per heavy atom. The summed E-state index contributed by atoms with van der Waals surface area (Å²) in [5.41, 5.74) is 7.39. The van der Waals surface area contributed by atoms with Crippen molar-refractivity contribution in [3.63, 3.8) is 0 Å². The highest BCUT2D eigenvalue weighted by Crippen LogP contribution is 2.28. The first-order valence-corrected chi connectivity index (χ1v) is 7.18. The Kier molecular flexibility index (Phi) is 5.54. The van der Waals surface area contributed by atoms with Crippen LogP contribution in [0.25, 0.3) is 0 Å². The quantitative estimate of drug-likeness (QED) is 0.658. The second-order valence-electron chi connectivity index (χ2n) is 4.78. The van der Waals surface area contributed by atoms with Gasteiger partial charge in [0.1, 0.15) is 0 Å². The number of hydrogen-bond acceptors (Lipinski definition) is 3. The minimum absolute atomic E-state index is 0.0142. The molecule has 100 valence electrons. The van der Waals surface area contributed by atoms with Crippen LogP contribution in [0.5, 0.6) is 0 Å². The van der Waals surface area contributed by atoms with Crippen molar-refractivity contribution in [2.45, 2.75) is 25.2 Å². The zero-order valence-corrected chi connectivity index (χ0v) is 12.4. The van der Waals surface area contributed by atoms with Crippen molar-refractivity contribution in [2.75, 3.05) is 25.6 Å². The summed E-state index contributed by atoms with van der Waals surface area (Å²) in [7, 11) is 3.51. The molecule has 3 nitrogen and oxygen atoms in total. The van der Waals surface area contributed by atoms with Crippen LogP contribution in [0.15, 0.2) is 23.1 Å². The Morgan fingerprint density at radius 1 is 1.44 bits per heavy atom. The van der Waals surface area contributed by atoms with Crippen LogP contribution in [-0.4, -0.2) is 30.7 Å². The number of hydrogen-bond donors (Lipinski definition) is 1. The number of nitrogens with zero attached hydrogens (tertiary/aromatic N) is 1. The van der Waals surface area contributed by atoms with Gasteiger partial charge in [-0.15, -0.1) is 11.8 Å². The molecule has 0 aliphatic rings. The van der Waals surface area contributed by atoms with Crippen LogP contribution in [0.1, 0.15) is 30.6 Å². The molecule has 1 amide bonds. The first-order chi connectivity index (χ1) is 8.45. The SMILES string of the molecule is CCC(C)CSc1cc(C(=O)N(C)C)ccc1N. The summed E-state index contributed by atoms with van der Waals surface area (Å²) in [6.45, 7) is 4.40. The fourth-order valence-corrected chi connectivity index (χ4v) is 2.55. The van der Waals surface area contributed by atoms with Crippen molar-refractivity contribution >= 4 is 23.4 Å². The van der Waals surface area contributed by atoms with Gasteiger partial charge in [-0.25, -0.2) is 0 Å². The highest BCUT2D eigenvalue weighted by atomic mass is 32.2. The van der Waals surface area contributed by atoms with Crippen LogP contribution in [0.4, 0.5) is 5.69 Å². The molecular formula is C14H22N2OS. The van der Waals surface area contributed by atoms with Gasteiger partial charge in [0.2, 0.25) is 0 Å². The predicted molar refractivity (Wildman–Crippen MR) is 79.1 cm³/mol. The average Bonchev–Trinajstić information content (AvgIpc) is 2.36. The molecule has 0 saturated carbocycles. The lowest BCUT2D eigenvalue weighted by molar-refractivity contribution is 0.0827. The van der Waals surface area contributed by atoms with E-state index in [0.29, 0.717) is 11.5 Å². The molecule has 0 aliphatic carbocycles. The molecule has 0 fully saturated rings. The molecule has 1 rings (SSSR count). The lowest BCUT2D eigenvalue weighted by Crippen LogP contribution is -2.21. The predicted octanol–water partition coefficient (Wildman–Crippen LogP) is 3.11. The van der Waals surface area contributed by atoms with Crippen molar-refractivity contribution < 1.29 is 4.79 Å². The Balaban J connectivity index is 2.84. The maximum atomic E-state index is 11.9. The molecule has 0 aromatic heterocycles. The fraction of sp³-hybridized carbons (Fsp3) is 0.500. The highest BCUT2D eigenvalue weighted by molar-refractivity contribution is 7.99. The maximum Gasteiger partial charge on any atom is 0.253 e. The van der Waals surface area contributed by atoms with E-state index in [0.717, 1.165) is 22.8 Å². The van der Waals surface area contributed by atoms with Crippen LogP contribution in [-0.2, 0) is 0 Å². The van der Waals surface area contributed by atoms with E-state index in [9.17, 15) is 4.79 Å². The largest absolute Gasteiger partial charge is 0.398 e. The number of nitrogen functional groups attached to an aromatic ring is 1. The molecular weight excluding hydrogens is 244 g/mol. The van der Waals surface area contributed by atoms with Crippen molar-refractivity contribution in [2.24, 2.45) is 5.92 Å². The monoisotopic (exact) mass is 266 g/mol. The van der Waals surface area contributed by atoms with E-state index in [4.69, 9.17) is 5.73 Å². The van der Waals surface area contributed by atoms with E-state index < -0.39 is 0 Å². The van der Waals surface area contributed by atoms with Gasteiger partial charge in [-0.2, -0.15) is 0 Å². The lowest BCUT2D eigenvalue weighted by Gasteiger charge is -2.13. The van der Waals surface area contributed by atoms with Crippen molar-refractivity contribution in [1.29, 1.82) is 0 Å². The van der Waals surface area contributed by atoms with Gasteiger partial charge >= 0.3 is 0 Å². The first-order valence-electron chi connectivity index (χ1n) is 6.19. The molecule has 0 spiro atoms. The number of carbonyl (C=O) groups excluding carboxylic acids is 1. The third-order valence-corrected chi connectivity index (χ3v) is 4.29. The summed E-state index contributed by atoms with van der Waals surface area (Å²) in [4.78, 5) is 14.5. The number of nitrogens with two attached hydrogens (primary N) is 1. The van der Waals surface area contributed by atoms with Gasteiger partial charge in [-0.05, 0) is 24.1 Å². The van der Waals surface area contributed by atoms with Crippen LogP contribution >= 0.6 is 11.8 Å². The zero-order valence-electron chi connectivity index (χ0n) is 11.6. The molecule has 18 heavy (non-hydrogen) atoms. The smallest absolute Gasteiger partial charge is 0.253 e. The summed E-state index contributed by atoms with van der Waals surface area (Å²) >= 11 is 1.73. The maximum absolute atomic E-state index is 11.9. The van der Waals surface area contributed by atoms with Crippen LogP contribution in [0, 0.1) is 5.92 Å². The number of anilines is 1. The van der Waals surface area contributed by atoms with Gasteiger partial charge in [0.05, 0.1) is 0 Å². The van der Waals surface area contributed by atoms with Gasteiger partial charge in [0.25, 0.3) is 5.91 Å². The third-order valence-electron chi connectivity index (χ3n) is 2.89. The van der Waals surface area contributed by atoms with E-state index >= 15 is 0 Å². The minimum atomic E-state index is 0.0142. The summed E-state index contributed by atoms with van der Waals surface area (Å²) in [6, 6.07) is 5.49. The number of rotatable bonds is 5. The Morgan fingerprint density at radius 2 is 2.11 bits per heavy atom. The molecule has 0 bridgehead atoms. The standard InChI is InChI=1S/C14H22N2OS/c1-5-10(2)9-18-13-8-11(6-7-12(13)15)14(17)16(3)4/h6-8,10H,5,9,15H2,1-4H3. The number of amides is 1. The normalized spacial score (nSPS) is 12.2. The number of benzene rings is 1. The minimum Gasteiger partial charge on any atom is -0.398 e. The van der Waals surface area contributed by atoms with E-state index in [1.807, 2.05) is 12.1 Å². The summed E-state index contributed by atoms with van der Waals surface area (Å²) in [5, 5.41) is 0. The topological polar surface area (TPSA) is 46.3 Å². The van der Waals surface area contributed by atoms with Crippen LogP contribution in [0.2, 0.25) is 0 Å². The van der Waals surface area contributed by atoms with E-state index in [1.165, 1.54) is 0 Å². The average molecular weight is 266 g/mol. The Labute approximate surface area is 114 Å². The number of carbonyl (C=O) groups is 1. The molecule has 0 saturated heterocycles. The first kappa shape index (κ1) is 14.9. The summed E-state index contributed by atoms with van der Waals surface area (Å²) in [6.07, 6.45) is 1.16.